The van der Waals surface area contributed by atoms with Crippen LogP contribution >= 0.6 is 24.0 Å². The Labute approximate surface area is 192 Å². The second-order valence-corrected chi connectivity index (χ2v) is 7.40. The molecule has 1 aliphatic rings. The van der Waals surface area contributed by atoms with E-state index in [1.54, 1.807) is 7.11 Å². The Bertz CT molecular complexity index is 754. The maximum Gasteiger partial charge on any atom is 0.191 e. The summed E-state index contributed by atoms with van der Waals surface area (Å²) in [5.41, 5.74) is 1.36. The molecule has 0 aliphatic carbocycles. The third kappa shape index (κ3) is 7.42. The summed E-state index contributed by atoms with van der Waals surface area (Å²) in [5.74, 6) is 0.943. The first kappa shape index (κ1) is 23.9. The summed E-state index contributed by atoms with van der Waals surface area (Å²) < 4.78 is 5.19. The lowest BCUT2D eigenvalue weighted by Gasteiger charge is -2.32. The molecular weight excluding hydrogens is 475 g/mol. The fraction of sp³-hybridized carbons (Fsp3) is 0.522. The maximum atomic E-state index is 5.19. The first-order chi connectivity index (χ1) is 13.8. The van der Waals surface area contributed by atoms with Crippen LogP contribution in [0.25, 0.3) is 10.8 Å². The average Bonchev–Trinajstić information content (AvgIpc) is 2.73. The molecule has 2 aromatic carbocycles. The van der Waals surface area contributed by atoms with E-state index in [0.717, 1.165) is 64.6 Å². The molecular formula is C23H35IN4O. The third-order valence-corrected chi connectivity index (χ3v) is 5.42. The van der Waals surface area contributed by atoms with Crippen molar-refractivity contribution in [1.29, 1.82) is 0 Å². The molecule has 5 nitrogen and oxygen atoms in total. The van der Waals surface area contributed by atoms with Crippen molar-refractivity contribution >= 4 is 40.7 Å². The fourth-order valence-electron chi connectivity index (χ4n) is 3.83. The number of likely N-dealkylation sites (tertiary alicyclic amines) is 1. The molecule has 0 aromatic heterocycles. The van der Waals surface area contributed by atoms with Gasteiger partial charge in [-0.3, -0.25) is 4.99 Å². The number of fused-ring (bicyclic) bond motifs is 1. The predicted molar refractivity (Wildman–Crippen MR) is 134 cm³/mol. The van der Waals surface area contributed by atoms with E-state index in [-0.39, 0.29) is 24.0 Å². The van der Waals surface area contributed by atoms with Gasteiger partial charge >= 0.3 is 0 Å². The quantitative estimate of drug-likeness (QED) is 0.324. The number of halogens is 1. The lowest BCUT2D eigenvalue weighted by Crippen LogP contribution is -2.49. The zero-order chi connectivity index (χ0) is 19.6. The second-order valence-electron chi connectivity index (χ2n) is 7.40. The van der Waals surface area contributed by atoms with Crippen molar-refractivity contribution in [2.75, 3.05) is 46.4 Å². The van der Waals surface area contributed by atoms with E-state index in [1.807, 2.05) is 0 Å². The minimum atomic E-state index is 0. The summed E-state index contributed by atoms with van der Waals surface area (Å²) in [6, 6.07) is 15.6. The first-order valence-corrected chi connectivity index (χ1v) is 10.5. The van der Waals surface area contributed by atoms with Gasteiger partial charge in [0.2, 0.25) is 0 Å². The summed E-state index contributed by atoms with van der Waals surface area (Å²) in [5, 5.41) is 9.68. The molecule has 2 N–H and O–H groups in total. The largest absolute Gasteiger partial charge is 0.383 e. The summed E-state index contributed by atoms with van der Waals surface area (Å²) in [7, 11) is 1.77. The highest BCUT2D eigenvalue weighted by atomic mass is 127. The lowest BCUT2D eigenvalue weighted by molar-refractivity contribution is 0.128. The van der Waals surface area contributed by atoms with Gasteiger partial charge in [0.05, 0.1) is 6.61 Å². The monoisotopic (exact) mass is 510 g/mol. The predicted octanol–water partition coefficient (Wildman–Crippen LogP) is 3.67. The van der Waals surface area contributed by atoms with Crippen LogP contribution in [0.5, 0.6) is 0 Å². The maximum absolute atomic E-state index is 5.19. The van der Waals surface area contributed by atoms with Crippen LogP contribution in [0.4, 0.5) is 0 Å². The molecule has 1 fully saturated rings. The van der Waals surface area contributed by atoms with Gasteiger partial charge in [-0.2, -0.15) is 0 Å². The Hall–Kier alpha value is -1.38. The molecule has 29 heavy (non-hydrogen) atoms. The number of methoxy groups -OCH3 is 1. The van der Waals surface area contributed by atoms with E-state index in [4.69, 9.17) is 9.73 Å². The highest BCUT2D eigenvalue weighted by Gasteiger charge is 2.19. The number of guanidine groups is 1. The van der Waals surface area contributed by atoms with Crippen molar-refractivity contribution < 1.29 is 4.74 Å². The Morgan fingerprint density at radius 2 is 1.90 bits per heavy atom. The van der Waals surface area contributed by atoms with Gasteiger partial charge in [0, 0.05) is 45.9 Å². The van der Waals surface area contributed by atoms with Gasteiger partial charge in [-0.15, -0.1) is 24.0 Å². The Balaban J connectivity index is 0.00000300. The van der Waals surface area contributed by atoms with E-state index in [1.165, 1.54) is 16.3 Å². The second kappa shape index (κ2) is 13.0. The number of hydrogen-bond acceptors (Lipinski definition) is 3. The minimum Gasteiger partial charge on any atom is -0.383 e. The van der Waals surface area contributed by atoms with Crippen molar-refractivity contribution in [2.45, 2.75) is 32.2 Å². The van der Waals surface area contributed by atoms with Crippen LogP contribution in [-0.4, -0.2) is 63.3 Å². The number of nitrogens with zero attached hydrogens (tertiary/aromatic N) is 2. The molecule has 0 amide bonds. The number of benzene rings is 2. The van der Waals surface area contributed by atoms with E-state index in [0.29, 0.717) is 6.04 Å². The van der Waals surface area contributed by atoms with Gasteiger partial charge in [0.15, 0.2) is 5.96 Å². The van der Waals surface area contributed by atoms with Gasteiger partial charge in [0.1, 0.15) is 0 Å². The van der Waals surface area contributed by atoms with Crippen LogP contribution in [-0.2, 0) is 11.2 Å². The van der Waals surface area contributed by atoms with Crippen LogP contribution in [0.3, 0.4) is 0 Å². The van der Waals surface area contributed by atoms with E-state index in [9.17, 15) is 0 Å². The number of aliphatic imine (C=N–C) groups is 1. The fourth-order valence-corrected chi connectivity index (χ4v) is 3.83. The average molecular weight is 510 g/mol. The number of hydrogen-bond donors (Lipinski definition) is 2. The van der Waals surface area contributed by atoms with E-state index >= 15 is 0 Å². The highest BCUT2D eigenvalue weighted by molar-refractivity contribution is 14.0. The normalized spacial score (nSPS) is 15.9. The van der Waals surface area contributed by atoms with Crippen LogP contribution < -0.4 is 10.6 Å². The summed E-state index contributed by atoms with van der Waals surface area (Å²) >= 11 is 0. The van der Waals surface area contributed by atoms with Gasteiger partial charge in [-0.05, 0) is 42.5 Å². The Kier molecular flexibility index (Phi) is 10.7. The molecule has 160 valence electrons. The standard InChI is InChI=1S/C23H34N4O.HI/c1-3-24-23(26-21-12-15-27(16-13-21)17-18-28-2)25-14-11-20-9-6-8-19-7-4-5-10-22(19)20;/h4-10,21H,3,11-18H2,1-2H3,(H2,24,25,26);1H. The molecule has 0 radical (unpaired) electrons. The molecule has 1 heterocycles. The molecule has 0 unspecified atom stereocenters. The smallest absolute Gasteiger partial charge is 0.191 e. The van der Waals surface area contributed by atoms with E-state index in [2.05, 4.69) is 64.9 Å². The van der Waals surface area contributed by atoms with Crippen LogP contribution in [0, 0.1) is 0 Å². The van der Waals surface area contributed by atoms with Gasteiger partial charge in [0.25, 0.3) is 0 Å². The molecule has 1 aliphatic heterocycles. The summed E-state index contributed by atoms with van der Waals surface area (Å²) in [4.78, 5) is 7.32. The highest BCUT2D eigenvalue weighted by Crippen LogP contribution is 2.18. The molecule has 3 rings (SSSR count). The van der Waals surface area contributed by atoms with E-state index < -0.39 is 0 Å². The molecule has 2 aromatic rings. The van der Waals surface area contributed by atoms with Crippen LogP contribution in [0.15, 0.2) is 47.5 Å². The van der Waals surface area contributed by atoms with Crippen molar-refractivity contribution in [2.24, 2.45) is 4.99 Å². The zero-order valence-corrected chi connectivity index (χ0v) is 20.0. The molecule has 0 bridgehead atoms. The van der Waals surface area contributed by atoms with Gasteiger partial charge in [-0.25, -0.2) is 0 Å². The molecule has 0 atom stereocenters. The van der Waals surface area contributed by atoms with Crippen molar-refractivity contribution in [1.82, 2.24) is 15.5 Å². The molecule has 6 heteroatoms. The molecule has 0 saturated carbocycles. The van der Waals surface area contributed by atoms with Crippen LogP contribution in [0.1, 0.15) is 25.3 Å². The minimum absolute atomic E-state index is 0. The Morgan fingerprint density at radius 3 is 2.66 bits per heavy atom. The van der Waals surface area contributed by atoms with Crippen molar-refractivity contribution in [3.05, 3.63) is 48.0 Å². The van der Waals surface area contributed by atoms with Crippen molar-refractivity contribution in [3.63, 3.8) is 0 Å². The first-order valence-electron chi connectivity index (χ1n) is 10.5. The van der Waals surface area contributed by atoms with Gasteiger partial charge in [-0.1, -0.05) is 42.5 Å². The number of rotatable bonds is 8. The number of ether oxygens (including phenoxy) is 1. The topological polar surface area (TPSA) is 48.9 Å². The third-order valence-electron chi connectivity index (χ3n) is 5.42. The zero-order valence-electron chi connectivity index (χ0n) is 17.7. The summed E-state index contributed by atoms with van der Waals surface area (Å²) in [6.07, 6.45) is 3.25. The van der Waals surface area contributed by atoms with Crippen molar-refractivity contribution in [3.8, 4) is 0 Å². The molecule has 0 spiro atoms. The Morgan fingerprint density at radius 1 is 1.14 bits per heavy atom. The lowest BCUT2D eigenvalue weighted by atomic mass is 10.0. The number of piperidine rings is 1. The summed E-state index contributed by atoms with van der Waals surface area (Å²) in [6.45, 7) is 7.88. The van der Waals surface area contributed by atoms with Crippen LogP contribution in [0.2, 0.25) is 0 Å². The number of nitrogens with one attached hydrogen (secondary N) is 2. The SMILES string of the molecule is CCNC(=NCCc1cccc2ccccc12)NC1CCN(CCOC)CC1.I. The van der Waals surface area contributed by atoms with Gasteiger partial charge < -0.3 is 20.3 Å². The molecule has 1 saturated heterocycles.